The molecule has 1 unspecified atom stereocenters. The fraction of sp³-hybridized carbons (Fsp3) is 0.467. The number of para-hydroxylation sites is 1. The second-order valence-electron chi connectivity index (χ2n) is 5.47. The summed E-state index contributed by atoms with van der Waals surface area (Å²) in [5.41, 5.74) is 1.80. The monoisotopic (exact) mass is 273 g/mol. The van der Waals surface area contributed by atoms with Gasteiger partial charge in [-0.15, -0.1) is 0 Å². The molecule has 0 bridgehead atoms. The number of hydrogen-bond donors (Lipinski definition) is 1. The third-order valence-electron chi connectivity index (χ3n) is 4.09. The lowest BCUT2D eigenvalue weighted by atomic mass is 10.2. The summed E-state index contributed by atoms with van der Waals surface area (Å²) in [5, 5.41) is 9.32. The number of aromatic nitrogens is 2. The molecule has 1 aromatic heterocycles. The minimum Gasteiger partial charge on any atom is -0.478 e. The Morgan fingerprint density at radius 3 is 2.85 bits per heavy atom. The van der Waals surface area contributed by atoms with Crippen molar-refractivity contribution in [2.75, 3.05) is 13.1 Å². The van der Waals surface area contributed by atoms with Crippen LogP contribution in [0, 0.1) is 0 Å². The average Bonchev–Trinajstić information content (AvgIpc) is 3.08. The third-order valence-corrected chi connectivity index (χ3v) is 4.09. The van der Waals surface area contributed by atoms with Crippen molar-refractivity contribution in [2.24, 2.45) is 0 Å². The van der Waals surface area contributed by atoms with Gasteiger partial charge in [-0.2, -0.15) is 0 Å². The van der Waals surface area contributed by atoms with Crippen molar-refractivity contribution in [1.29, 1.82) is 0 Å². The molecule has 20 heavy (non-hydrogen) atoms. The Hall–Kier alpha value is -1.88. The van der Waals surface area contributed by atoms with E-state index in [9.17, 15) is 9.90 Å². The molecule has 5 nitrogen and oxygen atoms in total. The van der Waals surface area contributed by atoms with E-state index in [2.05, 4.69) is 16.8 Å². The highest BCUT2D eigenvalue weighted by molar-refractivity contribution is 6.01. The molecule has 0 amide bonds. The average molecular weight is 273 g/mol. The largest absolute Gasteiger partial charge is 0.478 e. The second-order valence-corrected chi connectivity index (χ2v) is 5.47. The number of nitrogens with zero attached hydrogens (tertiary/aromatic N) is 3. The SMILES string of the molecule is CC(Cn1cnc2cccc(C(=O)O)c21)N1CCCC1. The molecule has 106 valence electrons. The predicted octanol–water partition coefficient (Wildman–Crippen LogP) is 2.22. The highest BCUT2D eigenvalue weighted by atomic mass is 16.4. The molecule has 5 heteroatoms. The van der Waals surface area contributed by atoms with E-state index in [1.807, 2.05) is 10.6 Å². The van der Waals surface area contributed by atoms with E-state index in [1.54, 1.807) is 18.5 Å². The minimum absolute atomic E-state index is 0.327. The van der Waals surface area contributed by atoms with Crippen molar-refractivity contribution in [3.63, 3.8) is 0 Å². The molecule has 0 radical (unpaired) electrons. The summed E-state index contributed by atoms with van der Waals surface area (Å²) in [6, 6.07) is 5.64. The van der Waals surface area contributed by atoms with E-state index < -0.39 is 5.97 Å². The molecule has 2 aromatic rings. The molecular weight excluding hydrogens is 254 g/mol. The molecule has 1 atom stereocenters. The first-order chi connectivity index (χ1) is 9.66. The number of imidazole rings is 1. The van der Waals surface area contributed by atoms with Gasteiger partial charge in [-0.05, 0) is 45.0 Å². The van der Waals surface area contributed by atoms with E-state index in [1.165, 1.54) is 12.8 Å². The second kappa shape index (κ2) is 5.25. The van der Waals surface area contributed by atoms with Crippen LogP contribution in [-0.2, 0) is 6.54 Å². The summed E-state index contributed by atoms with van der Waals surface area (Å²) in [7, 11) is 0. The number of carboxylic acids is 1. The van der Waals surface area contributed by atoms with Gasteiger partial charge in [0.25, 0.3) is 0 Å². The number of hydrogen-bond acceptors (Lipinski definition) is 3. The van der Waals surface area contributed by atoms with E-state index in [0.717, 1.165) is 30.7 Å². The summed E-state index contributed by atoms with van der Waals surface area (Å²) in [6.45, 7) is 5.25. The topological polar surface area (TPSA) is 58.4 Å². The van der Waals surface area contributed by atoms with Crippen molar-refractivity contribution in [3.05, 3.63) is 30.1 Å². The Bertz CT molecular complexity index is 629. The van der Waals surface area contributed by atoms with Gasteiger partial charge in [0.1, 0.15) is 0 Å². The van der Waals surface area contributed by atoms with Crippen molar-refractivity contribution in [2.45, 2.75) is 32.4 Å². The van der Waals surface area contributed by atoms with Crippen LogP contribution in [0.15, 0.2) is 24.5 Å². The number of fused-ring (bicyclic) bond motifs is 1. The van der Waals surface area contributed by atoms with E-state index in [4.69, 9.17) is 0 Å². The summed E-state index contributed by atoms with van der Waals surface area (Å²) >= 11 is 0. The Labute approximate surface area is 117 Å². The maximum Gasteiger partial charge on any atom is 0.337 e. The molecule has 0 spiro atoms. The zero-order valence-electron chi connectivity index (χ0n) is 11.6. The van der Waals surface area contributed by atoms with Crippen molar-refractivity contribution in [3.8, 4) is 0 Å². The normalized spacial score (nSPS) is 17.6. The molecule has 2 heterocycles. The molecule has 1 saturated heterocycles. The molecule has 1 aromatic carbocycles. The van der Waals surface area contributed by atoms with E-state index >= 15 is 0 Å². The number of carbonyl (C=O) groups is 1. The first-order valence-electron chi connectivity index (χ1n) is 7.08. The Morgan fingerprint density at radius 1 is 1.40 bits per heavy atom. The van der Waals surface area contributed by atoms with Crippen LogP contribution in [0.2, 0.25) is 0 Å². The fourth-order valence-electron chi connectivity index (χ4n) is 3.02. The highest BCUT2D eigenvalue weighted by Gasteiger charge is 2.20. The van der Waals surface area contributed by atoms with Crippen LogP contribution < -0.4 is 0 Å². The number of carboxylic acid groups (broad SMARTS) is 1. The lowest BCUT2D eigenvalue weighted by Crippen LogP contribution is -2.33. The lowest BCUT2D eigenvalue weighted by Gasteiger charge is -2.24. The Morgan fingerprint density at radius 2 is 2.15 bits per heavy atom. The van der Waals surface area contributed by atoms with Crippen LogP contribution in [0.4, 0.5) is 0 Å². The van der Waals surface area contributed by atoms with E-state index in [0.29, 0.717) is 11.6 Å². The highest BCUT2D eigenvalue weighted by Crippen LogP contribution is 2.20. The molecule has 1 aliphatic heterocycles. The smallest absolute Gasteiger partial charge is 0.337 e. The van der Waals surface area contributed by atoms with Crippen LogP contribution in [0.1, 0.15) is 30.1 Å². The van der Waals surface area contributed by atoms with Crippen LogP contribution in [0.3, 0.4) is 0 Å². The summed E-state index contributed by atoms with van der Waals surface area (Å²) in [6.07, 6.45) is 4.27. The van der Waals surface area contributed by atoms with E-state index in [-0.39, 0.29) is 0 Å². The van der Waals surface area contributed by atoms with Gasteiger partial charge in [-0.3, -0.25) is 4.90 Å². The molecule has 0 saturated carbocycles. The summed E-state index contributed by atoms with van der Waals surface area (Å²) in [5.74, 6) is -0.897. The molecule has 0 aliphatic carbocycles. The Balaban J connectivity index is 1.93. The molecule has 1 aliphatic rings. The third kappa shape index (κ3) is 2.29. The van der Waals surface area contributed by atoms with Gasteiger partial charge in [0, 0.05) is 12.6 Å². The zero-order chi connectivity index (χ0) is 14.1. The fourth-order valence-corrected chi connectivity index (χ4v) is 3.02. The van der Waals surface area contributed by atoms with Gasteiger partial charge in [0.2, 0.25) is 0 Å². The van der Waals surface area contributed by atoms with Crippen LogP contribution in [0.25, 0.3) is 11.0 Å². The molecule has 3 rings (SSSR count). The van der Waals surface area contributed by atoms with Gasteiger partial charge in [-0.25, -0.2) is 9.78 Å². The number of rotatable bonds is 4. The quantitative estimate of drug-likeness (QED) is 0.928. The maximum absolute atomic E-state index is 11.4. The Kier molecular flexibility index (Phi) is 3.44. The molecular formula is C15H19N3O2. The van der Waals surface area contributed by atoms with Gasteiger partial charge >= 0.3 is 5.97 Å². The number of benzene rings is 1. The van der Waals surface area contributed by atoms with Gasteiger partial charge < -0.3 is 9.67 Å². The standard InChI is InChI=1S/C15H19N3O2/c1-11(17-7-2-3-8-17)9-18-10-16-13-6-4-5-12(14(13)18)15(19)20/h4-6,10-11H,2-3,7-9H2,1H3,(H,19,20). The number of aromatic carboxylic acids is 1. The van der Waals surface area contributed by atoms with Crippen molar-refractivity contribution < 1.29 is 9.90 Å². The van der Waals surface area contributed by atoms with Gasteiger partial charge in [0.15, 0.2) is 0 Å². The first kappa shape index (κ1) is 13.1. The lowest BCUT2D eigenvalue weighted by molar-refractivity contribution is 0.0698. The summed E-state index contributed by atoms with van der Waals surface area (Å²) in [4.78, 5) is 18.1. The number of likely N-dealkylation sites (tertiary alicyclic amines) is 1. The molecule has 1 fully saturated rings. The van der Waals surface area contributed by atoms with Crippen LogP contribution in [-0.4, -0.2) is 44.7 Å². The van der Waals surface area contributed by atoms with Gasteiger partial charge in [0.05, 0.1) is 22.9 Å². The first-order valence-corrected chi connectivity index (χ1v) is 7.08. The van der Waals surface area contributed by atoms with Crippen LogP contribution in [0.5, 0.6) is 0 Å². The predicted molar refractivity (Wildman–Crippen MR) is 77.0 cm³/mol. The minimum atomic E-state index is -0.897. The molecule has 1 N–H and O–H groups in total. The summed E-state index contributed by atoms with van der Waals surface area (Å²) < 4.78 is 1.97. The van der Waals surface area contributed by atoms with Crippen LogP contribution >= 0.6 is 0 Å². The maximum atomic E-state index is 11.4. The van der Waals surface area contributed by atoms with Crippen molar-refractivity contribution in [1.82, 2.24) is 14.5 Å². The van der Waals surface area contributed by atoms with Crippen molar-refractivity contribution >= 4 is 17.0 Å². The zero-order valence-corrected chi connectivity index (χ0v) is 11.6. The van der Waals surface area contributed by atoms with Gasteiger partial charge in [-0.1, -0.05) is 6.07 Å².